The zero-order valence-corrected chi connectivity index (χ0v) is 14.1. The number of hydrogen-bond acceptors (Lipinski definition) is 6. The van der Waals surface area contributed by atoms with Crippen LogP contribution in [0.3, 0.4) is 0 Å². The van der Waals surface area contributed by atoms with Gasteiger partial charge in [0.2, 0.25) is 0 Å². The number of amides is 1. The summed E-state index contributed by atoms with van der Waals surface area (Å²) in [5.41, 5.74) is 0.0106. The summed E-state index contributed by atoms with van der Waals surface area (Å²) in [6.07, 6.45) is 4.15. The van der Waals surface area contributed by atoms with Crippen molar-refractivity contribution in [3.05, 3.63) is 52.6 Å². The van der Waals surface area contributed by atoms with Gasteiger partial charge in [0.05, 0.1) is 31.6 Å². The summed E-state index contributed by atoms with van der Waals surface area (Å²) < 4.78 is 17.6. The zero-order chi connectivity index (χ0) is 18.1. The maximum atomic E-state index is 12.5. The van der Waals surface area contributed by atoms with E-state index in [2.05, 4.69) is 10.4 Å². The number of carbonyl (C=O) groups is 1. The average Bonchev–Trinajstić information content (AvgIpc) is 3.32. The second kappa shape index (κ2) is 6.64. The Bertz CT molecular complexity index is 1020. The lowest BCUT2D eigenvalue weighted by Gasteiger charge is -2.07. The van der Waals surface area contributed by atoms with Crippen LogP contribution in [0.15, 0.2) is 45.9 Å². The number of para-hydroxylation sites is 1. The third kappa shape index (κ3) is 2.95. The maximum Gasteiger partial charge on any atom is 0.349 e. The first-order chi connectivity index (χ1) is 12.7. The van der Waals surface area contributed by atoms with E-state index in [9.17, 15) is 9.59 Å². The summed E-state index contributed by atoms with van der Waals surface area (Å²) in [6, 6.07) is 6.85. The molecule has 0 aliphatic carbocycles. The van der Waals surface area contributed by atoms with Crippen LogP contribution in [0, 0.1) is 0 Å². The molecule has 1 amide bonds. The van der Waals surface area contributed by atoms with E-state index in [1.165, 1.54) is 13.2 Å². The molecule has 3 heterocycles. The van der Waals surface area contributed by atoms with Gasteiger partial charge in [0.15, 0.2) is 11.3 Å². The molecule has 1 aliphatic heterocycles. The van der Waals surface area contributed by atoms with E-state index >= 15 is 0 Å². The highest BCUT2D eigenvalue weighted by Crippen LogP contribution is 2.25. The molecule has 8 nitrogen and oxygen atoms in total. The Labute approximate surface area is 148 Å². The smallest absolute Gasteiger partial charge is 0.349 e. The van der Waals surface area contributed by atoms with Crippen LogP contribution < -0.4 is 15.7 Å². The number of ether oxygens (including phenoxy) is 2. The lowest BCUT2D eigenvalue weighted by molar-refractivity contribution is 0.102. The molecule has 0 radical (unpaired) electrons. The molecule has 26 heavy (non-hydrogen) atoms. The van der Waals surface area contributed by atoms with Crippen LogP contribution in [-0.2, 0) is 4.74 Å². The highest BCUT2D eigenvalue weighted by atomic mass is 16.5. The minimum Gasteiger partial charge on any atom is -0.493 e. The van der Waals surface area contributed by atoms with Crippen molar-refractivity contribution >= 4 is 22.6 Å². The Morgan fingerprint density at radius 1 is 1.42 bits per heavy atom. The number of aromatic nitrogens is 2. The molecular formula is C18H17N3O5. The first-order valence-electron chi connectivity index (χ1n) is 8.20. The molecule has 1 aliphatic rings. The largest absolute Gasteiger partial charge is 0.493 e. The highest BCUT2D eigenvalue weighted by molar-refractivity contribution is 6.05. The number of benzene rings is 1. The topological polar surface area (TPSA) is 95.6 Å². The SMILES string of the molecule is COc1cccc2cc(C(=O)Nc3cnn(C4CCOC4)c3)c(=O)oc12. The molecule has 134 valence electrons. The van der Waals surface area contributed by atoms with E-state index in [0.717, 1.165) is 6.42 Å². The molecule has 1 saturated heterocycles. The third-order valence-corrected chi connectivity index (χ3v) is 4.33. The molecule has 4 rings (SSSR count). The van der Waals surface area contributed by atoms with Gasteiger partial charge in [-0.15, -0.1) is 0 Å². The average molecular weight is 355 g/mol. The second-order valence-corrected chi connectivity index (χ2v) is 6.01. The molecular weight excluding hydrogens is 338 g/mol. The first-order valence-corrected chi connectivity index (χ1v) is 8.20. The lowest BCUT2D eigenvalue weighted by atomic mass is 10.1. The molecule has 1 fully saturated rings. The van der Waals surface area contributed by atoms with E-state index < -0.39 is 11.5 Å². The molecule has 2 aromatic heterocycles. The lowest BCUT2D eigenvalue weighted by Crippen LogP contribution is -2.20. The van der Waals surface area contributed by atoms with Gasteiger partial charge in [0.1, 0.15) is 5.56 Å². The van der Waals surface area contributed by atoms with E-state index in [-0.39, 0.29) is 11.6 Å². The van der Waals surface area contributed by atoms with Crippen LogP contribution in [0.1, 0.15) is 22.8 Å². The maximum absolute atomic E-state index is 12.5. The molecule has 0 spiro atoms. The summed E-state index contributed by atoms with van der Waals surface area (Å²) in [5, 5.41) is 7.53. The van der Waals surface area contributed by atoms with Crippen LogP contribution in [0.4, 0.5) is 5.69 Å². The Morgan fingerprint density at radius 3 is 3.08 bits per heavy atom. The van der Waals surface area contributed by atoms with Gasteiger partial charge < -0.3 is 19.2 Å². The number of anilines is 1. The summed E-state index contributed by atoms with van der Waals surface area (Å²) in [5.74, 6) is -0.114. The Morgan fingerprint density at radius 2 is 2.31 bits per heavy atom. The van der Waals surface area contributed by atoms with E-state index in [1.807, 2.05) is 0 Å². The molecule has 3 aromatic rings. The number of nitrogens with zero attached hydrogens (tertiary/aromatic N) is 2. The number of carbonyl (C=O) groups excluding carboxylic acids is 1. The number of nitrogens with one attached hydrogen (secondary N) is 1. The van der Waals surface area contributed by atoms with Crippen molar-refractivity contribution in [1.29, 1.82) is 0 Å². The fraction of sp³-hybridized carbons (Fsp3) is 0.278. The summed E-state index contributed by atoms with van der Waals surface area (Å²) >= 11 is 0. The van der Waals surface area contributed by atoms with Gasteiger partial charge >= 0.3 is 5.63 Å². The summed E-state index contributed by atoms with van der Waals surface area (Å²) in [6.45, 7) is 1.30. The highest BCUT2D eigenvalue weighted by Gasteiger charge is 2.20. The Balaban J connectivity index is 1.60. The summed E-state index contributed by atoms with van der Waals surface area (Å²) in [4.78, 5) is 24.7. The molecule has 1 unspecified atom stereocenters. The molecule has 8 heteroatoms. The quantitative estimate of drug-likeness (QED) is 0.721. The molecule has 0 saturated carbocycles. The van der Waals surface area contributed by atoms with Gasteiger partial charge in [-0.2, -0.15) is 5.10 Å². The van der Waals surface area contributed by atoms with Gasteiger partial charge in [-0.25, -0.2) is 4.79 Å². The van der Waals surface area contributed by atoms with Crippen molar-refractivity contribution < 1.29 is 18.7 Å². The van der Waals surface area contributed by atoms with Crippen LogP contribution in [0.25, 0.3) is 11.0 Å². The fourth-order valence-corrected chi connectivity index (χ4v) is 2.97. The fourth-order valence-electron chi connectivity index (χ4n) is 2.97. The van der Waals surface area contributed by atoms with Crippen molar-refractivity contribution in [3.63, 3.8) is 0 Å². The summed E-state index contributed by atoms with van der Waals surface area (Å²) in [7, 11) is 1.49. The van der Waals surface area contributed by atoms with E-state index in [4.69, 9.17) is 13.9 Å². The van der Waals surface area contributed by atoms with Gasteiger partial charge in [-0.05, 0) is 18.6 Å². The predicted molar refractivity (Wildman–Crippen MR) is 93.7 cm³/mol. The minimum atomic E-state index is -0.726. The minimum absolute atomic E-state index is 0.0808. The monoisotopic (exact) mass is 355 g/mol. The van der Waals surface area contributed by atoms with Gasteiger partial charge in [-0.1, -0.05) is 12.1 Å². The molecule has 0 bridgehead atoms. The van der Waals surface area contributed by atoms with Gasteiger partial charge in [-0.3, -0.25) is 9.48 Å². The van der Waals surface area contributed by atoms with Gasteiger partial charge in [0, 0.05) is 18.2 Å². The third-order valence-electron chi connectivity index (χ3n) is 4.33. The Hall–Kier alpha value is -3.13. The van der Waals surface area contributed by atoms with Gasteiger partial charge in [0.25, 0.3) is 5.91 Å². The van der Waals surface area contributed by atoms with Crippen molar-refractivity contribution in [2.24, 2.45) is 0 Å². The second-order valence-electron chi connectivity index (χ2n) is 6.01. The molecule has 1 aromatic carbocycles. The molecule has 1 N–H and O–H groups in total. The number of methoxy groups -OCH3 is 1. The Kier molecular flexibility index (Phi) is 4.18. The standard InChI is InChI=1S/C18H17N3O5/c1-24-15-4-2-3-11-7-14(18(23)26-16(11)15)17(22)20-12-8-19-21(9-12)13-5-6-25-10-13/h2-4,7-9,13H,5-6,10H2,1H3,(H,20,22). The van der Waals surface area contributed by atoms with Crippen molar-refractivity contribution in [3.8, 4) is 5.75 Å². The number of fused-ring (bicyclic) bond motifs is 1. The number of hydrogen-bond donors (Lipinski definition) is 1. The predicted octanol–water partition coefficient (Wildman–Crippen LogP) is 2.21. The van der Waals surface area contributed by atoms with Crippen molar-refractivity contribution in [2.45, 2.75) is 12.5 Å². The zero-order valence-electron chi connectivity index (χ0n) is 14.1. The van der Waals surface area contributed by atoms with E-state index in [1.54, 1.807) is 35.3 Å². The van der Waals surface area contributed by atoms with Crippen LogP contribution in [0.5, 0.6) is 5.75 Å². The van der Waals surface area contributed by atoms with Crippen LogP contribution in [-0.4, -0.2) is 36.0 Å². The van der Waals surface area contributed by atoms with Crippen LogP contribution >= 0.6 is 0 Å². The number of rotatable bonds is 4. The normalized spacial score (nSPS) is 16.7. The van der Waals surface area contributed by atoms with Crippen LogP contribution in [0.2, 0.25) is 0 Å². The van der Waals surface area contributed by atoms with E-state index in [0.29, 0.717) is 35.6 Å². The van der Waals surface area contributed by atoms with Crippen molar-refractivity contribution in [2.75, 3.05) is 25.6 Å². The molecule has 1 atom stereocenters. The first kappa shape index (κ1) is 16.3. The van der Waals surface area contributed by atoms with Crippen molar-refractivity contribution in [1.82, 2.24) is 9.78 Å².